The molecule has 2 aliphatic heterocycles. The number of rotatable bonds is 2. The van der Waals surface area contributed by atoms with Gasteiger partial charge in [-0.1, -0.05) is 12.1 Å². The second-order valence-corrected chi connectivity index (χ2v) is 10.6. The van der Waals surface area contributed by atoms with Crippen molar-refractivity contribution in [1.82, 2.24) is 9.80 Å². The van der Waals surface area contributed by atoms with Gasteiger partial charge in [0.15, 0.2) is 0 Å². The molecule has 2 aliphatic rings. The van der Waals surface area contributed by atoms with Crippen molar-refractivity contribution in [3.63, 3.8) is 0 Å². The lowest BCUT2D eigenvalue weighted by Gasteiger charge is -2.31. The molecule has 38 heavy (non-hydrogen) atoms. The Labute approximate surface area is 217 Å². The summed E-state index contributed by atoms with van der Waals surface area (Å²) in [6, 6.07) is 11.2. The molecule has 0 aromatic heterocycles. The smallest absolute Gasteiger partial charge is 0.261 e. The van der Waals surface area contributed by atoms with Crippen LogP contribution in [-0.4, -0.2) is 75.7 Å². The van der Waals surface area contributed by atoms with Gasteiger partial charge in [-0.2, -0.15) is 0 Å². The number of fused-ring (bicyclic) bond motifs is 2. The summed E-state index contributed by atoms with van der Waals surface area (Å²) in [5, 5.41) is 6.47. The molecule has 7 rings (SSSR count). The average molecular weight is 505 g/mol. The first-order valence-corrected chi connectivity index (χ1v) is 12.3. The summed E-state index contributed by atoms with van der Waals surface area (Å²) in [6.07, 6.45) is 0. The molecule has 0 fully saturated rings. The summed E-state index contributed by atoms with van der Waals surface area (Å²) in [4.78, 5) is 59.4. The standard InChI is InChI=1S/C30H24N4O4/c1-31(2)19-11-17-21-15(27(35)33(5)29(17)37)10-8-14-24-20(32(3)4)12-18-22-16(28(36)34(6)30(18)38)9-7-13(26(22)24)23(19)25(14)21/h7-12H,1-6H3. The van der Waals surface area contributed by atoms with Gasteiger partial charge in [-0.3, -0.25) is 29.0 Å². The minimum atomic E-state index is -0.336. The maximum Gasteiger partial charge on any atom is 0.261 e. The molecule has 5 aromatic rings. The summed E-state index contributed by atoms with van der Waals surface area (Å²) in [5.74, 6) is -1.34. The molecule has 0 aliphatic carbocycles. The number of hydrogen-bond acceptors (Lipinski definition) is 6. The lowest BCUT2D eigenvalue weighted by molar-refractivity contribution is 0.0635. The van der Waals surface area contributed by atoms with Crippen LogP contribution >= 0.6 is 0 Å². The van der Waals surface area contributed by atoms with E-state index in [1.807, 2.05) is 62.3 Å². The van der Waals surface area contributed by atoms with Gasteiger partial charge < -0.3 is 9.80 Å². The molecule has 0 bridgehead atoms. The molecule has 5 aromatic carbocycles. The van der Waals surface area contributed by atoms with Crippen LogP contribution in [0.3, 0.4) is 0 Å². The van der Waals surface area contributed by atoms with Gasteiger partial charge in [0, 0.05) is 97.1 Å². The van der Waals surface area contributed by atoms with E-state index < -0.39 is 0 Å². The highest BCUT2D eigenvalue weighted by Gasteiger charge is 2.36. The highest BCUT2D eigenvalue weighted by atomic mass is 16.2. The summed E-state index contributed by atoms with van der Waals surface area (Å²) >= 11 is 0. The third kappa shape index (κ3) is 2.40. The number of carbonyl (C=O) groups excluding carboxylic acids is 4. The van der Waals surface area contributed by atoms with Gasteiger partial charge in [0.05, 0.1) is 11.1 Å². The molecule has 8 heteroatoms. The van der Waals surface area contributed by atoms with Crippen LogP contribution in [0.2, 0.25) is 0 Å². The number of imide groups is 2. The van der Waals surface area contributed by atoms with Gasteiger partial charge >= 0.3 is 0 Å². The first-order chi connectivity index (χ1) is 18.0. The van der Waals surface area contributed by atoms with Crippen LogP contribution in [0.5, 0.6) is 0 Å². The van der Waals surface area contributed by atoms with Crippen molar-refractivity contribution in [2.24, 2.45) is 0 Å². The first-order valence-electron chi connectivity index (χ1n) is 12.3. The van der Waals surface area contributed by atoms with Gasteiger partial charge in [0.1, 0.15) is 0 Å². The molecular weight excluding hydrogens is 480 g/mol. The van der Waals surface area contributed by atoms with Crippen LogP contribution in [0.4, 0.5) is 11.4 Å². The molecule has 8 nitrogen and oxygen atoms in total. The van der Waals surface area contributed by atoms with Crippen molar-refractivity contribution in [2.45, 2.75) is 0 Å². The van der Waals surface area contributed by atoms with E-state index in [-0.39, 0.29) is 23.6 Å². The lowest BCUT2D eigenvalue weighted by atomic mass is 9.81. The van der Waals surface area contributed by atoms with E-state index >= 15 is 0 Å². The molecule has 4 amide bonds. The van der Waals surface area contributed by atoms with Crippen molar-refractivity contribution < 1.29 is 19.2 Å². The highest BCUT2D eigenvalue weighted by molar-refractivity contribution is 6.44. The maximum atomic E-state index is 13.4. The molecule has 0 saturated heterocycles. The molecule has 0 radical (unpaired) electrons. The van der Waals surface area contributed by atoms with Gasteiger partial charge in [0.2, 0.25) is 0 Å². The van der Waals surface area contributed by atoms with Crippen LogP contribution in [-0.2, 0) is 0 Å². The fourth-order valence-corrected chi connectivity index (χ4v) is 6.37. The van der Waals surface area contributed by atoms with Crippen LogP contribution < -0.4 is 9.80 Å². The van der Waals surface area contributed by atoms with Gasteiger partial charge in [0.25, 0.3) is 23.6 Å². The largest absolute Gasteiger partial charge is 0.377 e. The maximum absolute atomic E-state index is 13.4. The van der Waals surface area contributed by atoms with E-state index in [1.54, 1.807) is 12.1 Å². The van der Waals surface area contributed by atoms with E-state index in [2.05, 4.69) is 0 Å². The number of amides is 4. The van der Waals surface area contributed by atoms with E-state index in [0.29, 0.717) is 33.0 Å². The molecule has 0 atom stereocenters. The Morgan fingerprint density at radius 3 is 1.16 bits per heavy atom. The number of anilines is 2. The fraction of sp³-hybridized carbons (Fsp3) is 0.200. The number of benzene rings is 5. The first kappa shape index (κ1) is 22.5. The van der Waals surface area contributed by atoms with Crippen molar-refractivity contribution in [2.75, 3.05) is 52.1 Å². The van der Waals surface area contributed by atoms with Crippen LogP contribution in [0.1, 0.15) is 41.4 Å². The van der Waals surface area contributed by atoms with Crippen molar-refractivity contribution in [1.29, 1.82) is 0 Å². The van der Waals surface area contributed by atoms with E-state index in [9.17, 15) is 19.2 Å². The average Bonchev–Trinajstić information content (AvgIpc) is 2.90. The third-order valence-corrected chi connectivity index (χ3v) is 8.17. The Morgan fingerprint density at radius 2 is 0.816 bits per heavy atom. The second kappa shape index (κ2) is 6.98. The Morgan fingerprint density at radius 1 is 0.474 bits per heavy atom. The van der Waals surface area contributed by atoms with Gasteiger partial charge in [-0.25, -0.2) is 0 Å². The van der Waals surface area contributed by atoms with Crippen LogP contribution in [0.25, 0.3) is 43.1 Å². The topological polar surface area (TPSA) is 81.2 Å². The molecule has 0 saturated carbocycles. The van der Waals surface area contributed by atoms with Crippen LogP contribution in [0.15, 0.2) is 36.4 Å². The predicted octanol–water partition coefficient (Wildman–Crippen LogP) is 4.32. The Bertz CT molecular complexity index is 1840. The molecule has 0 spiro atoms. The molecule has 0 unspecified atom stereocenters. The minimum Gasteiger partial charge on any atom is -0.377 e. The number of hydrogen-bond donors (Lipinski definition) is 0. The zero-order valence-electron chi connectivity index (χ0n) is 21.9. The zero-order chi connectivity index (χ0) is 26.9. The predicted molar refractivity (Wildman–Crippen MR) is 149 cm³/mol. The van der Waals surface area contributed by atoms with Crippen molar-refractivity contribution in [3.8, 4) is 0 Å². The Balaban J connectivity index is 1.86. The van der Waals surface area contributed by atoms with Crippen molar-refractivity contribution in [3.05, 3.63) is 58.7 Å². The minimum absolute atomic E-state index is 0.333. The molecule has 188 valence electrons. The zero-order valence-corrected chi connectivity index (χ0v) is 21.9. The summed E-state index contributed by atoms with van der Waals surface area (Å²) in [5.41, 5.74) is 3.59. The van der Waals surface area contributed by atoms with Gasteiger partial charge in [-0.15, -0.1) is 0 Å². The number of nitrogens with zero attached hydrogens (tertiary/aromatic N) is 4. The van der Waals surface area contributed by atoms with Gasteiger partial charge in [-0.05, 0) is 35.0 Å². The Hall–Kier alpha value is -4.72. The normalized spacial score (nSPS) is 15.2. The molecular formula is C30H24N4O4. The fourth-order valence-electron chi connectivity index (χ4n) is 6.37. The van der Waals surface area contributed by atoms with Crippen LogP contribution in [0, 0.1) is 0 Å². The van der Waals surface area contributed by atoms with E-state index in [4.69, 9.17) is 0 Å². The lowest BCUT2D eigenvalue weighted by Crippen LogP contribution is -2.37. The number of carbonyl (C=O) groups is 4. The van der Waals surface area contributed by atoms with E-state index in [0.717, 1.165) is 43.7 Å². The Kier molecular flexibility index (Phi) is 4.13. The van der Waals surface area contributed by atoms with Crippen molar-refractivity contribution >= 4 is 78.1 Å². The molecule has 0 N–H and O–H groups in total. The monoisotopic (exact) mass is 504 g/mol. The summed E-state index contributed by atoms with van der Waals surface area (Å²) in [6.45, 7) is 0. The quantitative estimate of drug-likeness (QED) is 0.202. The summed E-state index contributed by atoms with van der Waals surface area (Å²) in [7, 11) is 10.7. The third-order valence-electron chi connectivity index (χ3n) is 8.17. The van der Waals surface area contributed by atoms with E-state index in [1.165, 1.54) is 23.9 Å². The summed E-state index contributed by atoms with van der Waals surface area (Å²) < 4.78 is 0. The molecule has 2 heterocycles. The SMILES string of the molecule is CN1C(=O)c2ccc3c4c(N(C)C)cc5c6c(ccc(c7c(N(C)C)cc(c2c37)C1=O)c64)C(=O)N(C)C5=O. The highest BCUT2D eigenvalue weighted by Crippen LogP contribution is 2.51. The second-order valence-electron chi connectivity index (χ2n) is 10.6.